The topological polar surface area (TPSA) is 13.0 Å². The smallest absolute Gasteiger partial charge is 0.0487 e. The second-order valence-corrected chi connectivity index (χ2v) is 23.5. The number of rotatable bonds is 16. The molecular weight excluding hydrogens is 1140 g/mol. The van der Waals surface area contributed by atoms with Crippen LogP contribution in [0, 0.1) is 0 Å². The molecule has 15 rings (SSSR count). The molecule has 4 heteroatoms. The fourth-order valence-electron chi connectivity index (χ4n) is 12.4. The molecule has 0 N–H and O–H groups in total. The highest BCUT2D eigenvalue weighted by atomic mass is 15.1. The molecule has 4 nitrogen and oxygen atoms in total. The average Bonchev–Trinajstić information content (AvgIpc) is 0.858. The Labute approximate surface area is 553 Å². The summed E-state index contributed by atoms with van der Waals surface area (Å²) in [6.45, 7) is 0. The van der Waals surface area contributed by atoms with Crippen LogP contribution in [0.25, 0.3) is 77.5 Å². The molecule has 15 aromatic rings. The lowest BCUT2D eigenvalue weighted by atomic mass is 10.0. The molecule has 0 aromatic heterocycles. The van der Waals surface area contributed by atoms with Crippen LogP contribution in [0.2, 0.25) is 0 Å². The summed E-state index contributed by atoms with van der Waals surface area (Å²) < 4.78 is 0. The molecule has 0 spiro atoms. The minimum absolute atomic E-state index is 1.11. The third-order valence-corrected chi connectivity index (χ3v) is 17.6. The number of fused-ring (bicyclic) bond motifs is 1. The molecule has 0 saturated carbocycles. The first-order valence-corrected chi connectivity index (χ1v) is 32.1. The zero-order valence-corrected chi connectivity index (χ0v) is 52.7. The summed E-state index contributed by atoms with van der Waals surface area (Å²) in [5.74, 6) is 0. The predicted molar refractivity (Wildman–Crippen MR) is 401 cm³/mol. The SMILES string of the molecule is CN(c1ccc(-c2ccc(N(c3ccc(-c4ccccc4)cc3)c3ccc(-c4ccccc4)cc3)cc2)cc1)c1cccc2ccccc12.CN(c1ccccc1)c1ccc(-c2ccc(N(c3ccc(-c4ccccc4)cc3)c3ccc(-c4ccccc4)cc3)cc2)cc1. The molecule has 15 aromatic carbocycles. The van der Waals surface area contributed by atoms with E-state index in [1.807, 2.05) is 6.07 Å². The molecule has 0 bridgehead atoms. The van der Waals surface area contributed by atoms with E-state index in [9.17, 15) is 0 Å². The van der Waals surface area contributed by atoms with Gasteiger partial charge >= 0.3 is 0 Å². The predicted octanol–water partition coefficient (Wildman–Crippen LogP) is 25.0. The van der Waals surface area contributed by atoms with Crippen LogP contribution in [0.3, 0.4) is 0 Å². The summed E-state index contributed by atoms with van der Waals surface area (Å²) >= 11 is 0. The molecule has 0 aliphatic carbocycles. The summed E-state index contributed by atoms with van der Waals surface area (Å²) in [6.07, 6.45) is 0. The van der Waals surface area contributed by atoms with E-state index in [1.165, 1.54) is 88.9 Å². The quantitative estimate of drug-likeness (QED) is 0.0956. The minimum Gasteiger partial charge on any atom is -0.345 e. The van der Waals surface area contributed by atoms with Crippen molar-refractivity contribution in [2.24, 2.45) is 0 Å². The Morgan fingerprint density at radius 2 is 0.351 bits per heavy atom. The van der Waals surface area contributed by atoms with Gasteiger partial charge in [0.15, 0.2) is 0 Å². The first kappa shape index (κ1) is 59.4. The highest BCUT2D eigenvalue weighted by Crippen LogP contribution is 2.41. The molecule has 0 aliphatic rings. The van der Waals surface area contributed by atoms with Crippen LogP contribution in [0.5, 0.6) is 0 Å². The van der Waals surface area contributed by atoms with E-state index in [2.05, 4.69) is 416 Å². The monoisotopic (exact) mass is 1210 g/mol. The Hall–Kier alpha value is -12.2. The lowest BCUT2D eigenvalue weighted by Crippen LogP contribution is -2.10. The van der Waals surface area contributed by atoms with E-state index in [-0.39, 0.29) is 0 Å². The van der Waals surface area contributed by atoms with Crippen LogP contribution in [0.15, 0.2) is 388 Å². The molecule has 450 valence electrons. The number of anilines is 10. The van der Waals surface area contributed by atoms with Gasteiger partial charge in [-0.3, -0.25) is 0 Å². The van der Waals surface area contributed by atoms with Crippen LogP contribution < -0.4 is 19.6 Å². The minimum atomic E-state index is 1.11. The van der Waals surface area contributed by atoms with E-state index < -0.39 is 0 Å². The van der Waals surface area contributed by atoms with Crippen LogP contribution >= 0.6 is 0 Å². The Morgan fingerprint density at radius 1 is 0.149 bits per heavy atom. The Kier molecular flexibility index (Phi) is 17.6. The van der Waals surface area contributed by atoms with Gasteiger partial charge in [-0.25, -0.2) is 0 Å². The molecule has 0 fully saturated rings. The lowest BCUT2D eigenvalue weighted by Gasteiger charge is -2.26. The summed E-state index contributed by atoms with van der Waals surface area (Å²) in [7, 11) is 4.24. The van der Waals surface area contributed by atoms with E-state index >= 15 is 0 Å². The van der Waals surface area contributed by atoms with Crippen molar-refractivity contribution in [3.05, 3.63) is 388 Å². The largest absolute Gasteiger partial charge is 0.345 e. The summed E-state index contributed by atoms with van der Waals surface area (Å²) in [5, 5.41) is 2.50. The molecule has 0 atom stereocenters. The van der Waals surface area contributed by atoms with Gasteiger partial charge in [0, 0.05) is 76.4 Å². The normalized spacial score (nSPS) is 10.9. The Balaban J connectivity index is 0.000000163. The van der Waals surface area contributed by atoms with Crippen molar-refractivity contribution in [2.75, 3.05) is 33.7 Å². The standard InChI is InChI=1S/C47H36N2.C43H34N2/c1-48(47-18-10-16-41-15-8-9-17-46(41)47)42-27-19-39(20-28-42)40-25-33-45(34-26-40)49(43-29-21-37(22-30-43)35-11-4-2-5-12-35)44-31-23-38(24-32-44)36-13-6-3-7-14-36;1-44(39-15-9-4-10-16-39)40-25-17-37(18-26-40)38-23-31-43(32-24-38)45(41-27-19-35(20-28-41)33-11-5-2-6-12-33)42-29-21-36(22-30-42)34-13-7-3-8-14-34/h2-34H,1H3;2-32H,1H3. The maximum absolute atomic E-state index is 2.33. The van der Waals surface area contributed by atoms with E-state index in [0.29, 0.717) is 0 Å². The number of para-hydroxylation sites is 1. The first-order chi connectivity index (χ1) is 46.4. The van der Waals surface area contributed by atoms with Gasteiger partial charge in [0.25, 0.3) is 0 Å². The number of hydrogen-bond acceptors (Lipinski definition) is 4. The Bertz CT molecular complexity index is 4700. The number of hydrogen-bond donors (Lipinski definition) is 0. The third-order valence-electron chi connectivity index (χ3n) is 17.6. The molecule has 0 amide bonds. The van der Waals surface area contributed by atoms with Crippen molar-refractivity contribution < 1.29 is 0 Å². The van der Waals surface area contributed by atoms with Crippen LogP contribution in [0.1, 0.15) is 0 Å². The van der Waals surface area contributed by atoms with Gasteiger partial charge in [-0.1, -0.05) is 273 Å². The number of nitrogens with zero attached hydrogens (tertiary/aromatic N) is 4. The molecule has 0 radical (unpaired) electrons. The summed E-state index contributed by atoms with van der Waals surface area (Å²) in [4.78, 5) is 9.12. The molecule has 94 heavy (non-hydrogen) atoms. The van der Waals surface area contributed by atoms with Gasteiger partial charge in [-0.15, -0.1) is 0 Å². The second-order valence-electron chi connectivity index (χ2n) is 23.5. The highest BCUT2D eigenvalue weighted by Gasteiger charge is 2.17. The van der Waals surface area contributed by atoms with Gasteiger partial charge in [0.1, 0.15) is 0 Å². The van der Waals surface area contributed by atoms with Crippen molar-refractivity contribution in [2.45, 2.75) is 0 Å². The fourth-order valence-corrected chi connectivity index (χ4v) is 12.4. The Morgan fingerprint density at radius 3 is 0.638 bits per heavy atom. The summed E-state index contributed by atoms with van der Waals surface area (Å²) in [5.41, 5.74) is 25.8. The van der Waals surface area contributed by atoms with Crippen molar-refractivity contribution >= 4 is 67.6 Å². The molecule has 0 unspecified atom stereocenters. The molecule has 0 aliphatic heterocycles. The van der Waals surface area contributed by atoms with Crippen LogP contribution in [0.4, 0.5) is 56.9 Å². The number of benzene rings is 15. The van der Waals surface area contributed by atoms with Crippen LogP contribution in [-0.4, -0.2) is 14.1 Å². The average molecular weight is 1210 g/mol. The first-order valence-electron chi connectivity index (χ1n) is 32.1. The van der Waals surface area contributed by atoms with Crippen molar-refractivity contribution in [1.82, 2.24) is 0 Å². The van der Waals surface area contributed by atoms with Gasteiger partial charge < -0.3 is 19.6 Å². The third kappa shape index (κ3) is 13.3. The van der Waals surface area contributed by atoms with E-state index in [4.69, 9.17) is 0 Å². The van der Waals surface area contributed by atoms with E-state index in [0.717, 1.165) is 45.5 Å². The maximum atomic E-state index is 2.33. The zero-order chi connectivity index (χ0) is 63.4. The lowest BCUT2D eigenvalue weighted by molar-refractivity contribution is 1.21. The van der Waals surface area contributed by atoms with Gasteiger partial charge in [0.2, 0.25) is 0 Å². The fraction of sp³-hybridized carbons (Fsp3) is 0.0222. The van der Waals surface area contributed by atoms with Crippen molar-refractivity contribution in [1.29, 1.82) is 0 Å². The van der Waals surface area contributed by atoms with Gasteiger partial charge in [-0.2, -0.15) is 0 Å². The highest BCUT2D eigenvalue weighted by molar-refractivity contribution is 5.96. The second kappa shape index (κ2) is 27.9. The van der Waals surface area contributed by atoms with Crippen molar-refractivity contribution in [3.8, 4) is 66.8 Å². The van der Waals surface area contributed by atoms with Crippen molar-refractivity contribution in [3.63, 3.8) is 0 Å². The molecule has 0 heterocycles. The van der Waals surface area contributed by atoms with Crippen LogP contribution in [-0.2, 0) is 0 Å². The molecule has 0 saturated heterocycles. The van der Waals surface area contributed by atoms with E-state index in [1.54, 1.807) is 0 Å². The molecular formula is C90H70N4. The van der Waals surface area contributed by atoms with Gasteiger partial charge in [0.05, 0.1) is 0 Å². The zero-order valence-electron chi connectivity index (χ0n) is 52.7. The summed E-state index contributed by atoms with van der Waals surface area (Å²) in [6, 6.07) is 138. The maximum Gasteiger partial charge on any atom is 0.0487 e. The van der Waals surface area contributed by atoms with Gasteiger partial charge in [-0.05, 0) is 187 Å².